The Hall–Kier alpha value is -4.19. The molecule has 1 aromatic heterocycles. The number of amides is 1. The Morgan fingerprint density at radius 2 is 1.82 bits per heavy atom. The van der Waals surface area contributed by atoms with Crippen molar-refractivity contribution in [1.82, 2.24) is 0 Å². The zero-order chi connectivity index (χ0) is 26.9. The van der Waals surface area contributed by atoms with Crippen LogP contribution in [0.15, 0.2) is 78.5 Å². The Labute approximate surface area is 224 Å². The number of benzene rings is 2. The van der Waals surface area contributed by atoms with Crippen molar-refractivity contribution >= 4 is 46.3 Å². The molecule has 0 unspecified atom stereocenters. The number of ether oxygens (including phenoxy) is 1. The summed E-state index contributed by atoms with van der Waals surface area (Å²) in [5, 5.41) is 4.04. The number of fused-ring (bicyclic) bond motifs is 2. The number of aryl methyl sites for hydroxylation is 1. The summed E-state index contributed by atoms with van der Waals surface area (Å²) >= 11 is 0. The molecule has 0 aliphatic carbocycles. The molecule has 1 aliphatic heterocycles. The van der Waals surface area contributed by atoms with Gasteiger partial charge >= 0.3 is 5.97 Å². The fourth-order valence-electron chi connectivity index (χ4n) is 4.82. The van der Waals surface area contributed by atoms with Gasteiger partial charge in [-0.25, -0.2) is 0 Å². The topological polar surface area (TPSA) is 62.5 Å². The standard InChI is InChI=1S/C32H35N3O3/c1-4-34-27(20-17-24-11-6-7-14-29(24)34)12-10-13-28-21-18-25-23-26(19-22-30(25)35(28)5-2)33-31(36)15-8-9-16-32(37)38-3/h6-7,10-14,17-23H,4-5,8-9,15-16H2,1-3H3/p+1. The normalized spacial score (nSPS) is 13.8. The van der Waals surface area contributed by atoms with Crippen molar-refractivity contribution in [3.63, 3.8) is 0 Å². The quantitative estimate of drug-likeness (QED) is 0.198. The molecule has 1 N–H and O–H groups in total. The zero-order valence-electron chi connectivity index (χ0n) is 22.4. The number of rotatable bonds is 10. The summed E-state index contributed by atoms with van der Waals surface area (Å²) in [6.45, 7) is 6.04. The highest BCUT2D eigenvalue weighted by Crippen LogP contribution is 2.30. The van der Waals surface area contributed by atoms with Crippen molar-refractivity contribution in [2.75, 3.05) is 23.9 Å². The number of anilines is 2. The van der Waals surface area contributed by atoms with E-state index >= 15 is 0 Å². The molecule has 1 aliphatic rings. The Morgan fingerprint density at radius 3 is 2.61 bits per heavy atom. The predicted molar refractivity (Wildman–Crippen MR) is 155 cm³/mol. The second kappa shape index (κ2) is 12.9. The number of likely N-dealkylation sites (N-methyl/N-ethyl adjacent to an activating group) is 1. The monoisotopic (exact) mass is 510 g/mol. The van der Waals surface area contributed by atoms with E-state index in [1.807, 2.05) is 12.1 Å². The van der Waals surface area contributed by atoms with E-state index in [4.69, 9.17) is 0 Å². The van der Waals surface area contributed by atoms with E-state index in [-0.39, 0.29) is 11.9 Å². The summed E-state index contributed by atoms with van der Waals surface area (Å²) in [6, 6.07) is 18.7. The molecule has 0 bridgehead atoms. The number of pyridine rings is 1. The molecule has 0 spiro atoms. The molecule has 2 heterocycles. The van der Waals surface area contributed by atoms with Gasteiger partial charge < -0.3 is 15.0 Å². The van der Waals surface area contributed by atoms with Crippen LogP contribution in [0.4, 0.5) is 11.4 Å². The number of aromatic nitrogens is 1. The molecule has 6 heteroatoms. The first kappa shape index (κ1) is 26.9. The first-order chi connectivity index (χ1) is 18.5. The number of para-hydroxylation sites is 1. The van der Waals surface area contributed by atoms with Crippen LogP contribution in [-0.2, 0) is 20.9 Å². The number of carbonyl (C=O) groups is 2. The molecule has 4 rings (SSSR count). The molecule has 0 saturated heterocycles. The number of unbranched alkanes of at least 4 members (excludes halogenated alkanes) is 1. The number of hydrogen-bond acceptors (Lipinski definition) is 4. The zero-order valence-corrected chi connectivity index (χ0v) is 22.4. The number of methoxy groups -OCH3 is 1. The van der Waals surface area contributed by atoms with E-state index in [0.717, 1.165) is 41.1 Å². The maximum absolute atomic E-state index is 12.3. The van der Waals surface area contributed by atoms with E-state index in [2.05, 4.69) is 106 Å². The molecule has 2 aromatic carbocycles. The average Bonchev–Trinajstić information content (AvgIpc) is 2.94. The maximum Gasteiger partial charge on any atom is 0.305 e. The van der Waals surface area contributed by atoms with E-state index in [9.17, 15) is 9.59 Å². The van der Waals surface area contributed by atoms with Crippen LogP contribution in [-0.4, -0.2) is 25.5 Å². The maximum atomic E-state index is 12.3. The number of carbonyl (C=O) groups excluding carboxylic acids is 2. The van der Waals surface area contributed by atoms with Gasteiger partial charge in [0, 0.05) is 60.1 Å². The molecule has 0 fully saturated rings. The van der Waals surface area contributed by atoms with Crippen LogP contribution >= 0.6 is 0 Å². The highest BCUT2D eigenvalue weighted by Gasteiger charge is 2.16. The summed E-state index contributed by atoms with van der Waals surface area (Å²) in [5.74, 6) is -0.291. The van der Waals surface area contributed by atoms with Gasteiger partial charge in [-0.3, -0.25) is 9.59 Å². The average molecular weight is 511 g/mol. The van der Waals surface area contributed by atoms with E-state index in [1.165, 1.54) is 18.4 Å². The third-order valence-electron chi connectivity index (χ3n) is 6.75. The van der Waals surface area contributed by atoms with Gasteiger partial charge in [0.15, 0.2) is 0 Å². The van der Waals surface area contributed by atoms with Crippen LogP contribution in [0.25, 0.3) is 23.1 Å². The van der Waals surface area contributed by atoms with Crippen molar-refractivity contribution in [2.24, 2.45) is 0 Å². The van der Waals surface area contributed by atoms with Crippen LogP contribution in [0, 0.1) is 0 Å². The lowest BCUT2D eigenvalue weighted by Gasteiger charge is -2.29. The number of esters is 1. The van der Waals surface area contributed by atoms with Gasteiger partial charge in [-0.15, -0.1) is 0 Å². The van der Waals surface area contributed by atoms with Gasteiger partial charge in [-0.2, -0.15) is 4.57 Å². The molecule has 6 nitrogen and oxygen atoms in total. The number of nitrogens with one attached hydrogen (secondary N) is 1. The lowest BCUT2D eigenvalue weighted by atomic mass is 10.1. The fourth-order valence-corrected chi connectivity index (χ4v) is 4.82. The second-order valence-electron chi connectivity index (χ2n) is 9.19. The third kappa shape index (κ3) is 6.38. The molecule has 0 saturated carbocycles. The molecule has 38 heavy (non-hydrogen) atoms. The summed E-state index contributed by atoms with van der Waals surface area (Å²) in [4.78, 5) is 25.9. The summed E-state index contributed by atoms with van der Waals surface area (Å²) in [7, 11) is 1.38. The van der Waals surface area contributed by atoms with Crippen molar-refractivity contribution in [2.45, 2.75) is 46.1 Å². The van der Waals surface area contributed by atoms with Gasteiger partial charge in [-0.1, -0.05) is 30.4 Å². The Bertz CT molecular complexity index is 1400. The lowest BCUT2D eigenvalue weighted by Crippen LogP contribution is -2.36. The third-order valence-corrected chi connectivity index (χ3v) is 6.75. The van der Waals surface area contributed by atoms with Crippen LogP contribution in [0.2, 0.25) is 0 Å². The van der Waals surface area contributed by atoms with Crippen molar-refractivity contribution in [1.29, 1.82) is 0 Å². The van der Waals surface area contributed by atoms with Crippen molar-refractivity contribution in [3.05, 3.63) is 89.8 Å². The smallest absolute Gasteiger partial charge is 0.305 e. The van der Waals surface area contributed by atoms with Gasteiger partial charge in [-0.05, 0) is 68.7 Å². The molecule has 3 aromatic rings. The minimum absolute atomic E-state index is 0.0503. The molecular formula is C32H36N3O3+. The van der Waals surface area contributed by atoms with Crippen molar-refractivity contribution in [3.8, 4) is 0 Å². The molecule has 0 atom stereocenters. The largest absolute Gasteiger partial charge is 0.469 e. The molecule has 1 amide bonds. The van der Waals surface area contributed by atoms with Gasteiger partial charge in [0.05, 0.1) is 7.11 Å². The van der Waals surface area contributed by atoms with Crippen LogP contribution in [0.1, 0.15) is 50.8 Å². The number of nitrogens with zero attached hydrogens (tertiary/aromatic N) is 2. The van der Waals surface area contributed by atoms with Crippen LogP contribution < -0.4 is 14.8 Å². The summed E-state index contributed by atoms with van der Waals surface area (Å²) < 4.78 is 6.91. The van der Waals surface area contributed by atoms with Crippen molar-refractivity contribution < 1.29 is 18.9 Å². The number of hydrogen-bond donors (Lipinski definition) is 1. The Kier molecular flexibility index (Phi) is 9.09. The van der Waals surface area contributed by atoms with Gasteiger partial charge in [0.2, 0.25) is 17.1 Å². The molecular weight excluding hydrogens is 474 g/mol. The van der Waals surface area contributed by atoms with E-state index in [0.29, 0.717) is 25.7 Å². The molecule has 0 radical (unpaired) electrons. The lowest BCUT2D eigenvalue weighted by molar-refractivity contribution is -0.669. The van der Waals surface area contributed by atoms with E-state index in [1.54, 1.807) is 0 Å². The fraction of sp³-hybridized carbons (Fsp3) is 0.281. The van der Waals surface area contributed by atoms with E-state index < -0.39 is 0 Å². The minimum Gasteiger partial charge on any atom is -0.469 e. The summed E-state index contributed by atoms with van der Waals surface area (Å²) in [5.41, 5.74) is 6.63. The van der Waals surface area contributed by atoms with Crippen LogP contribution in [0.3, 0.4) is 0 Å². The SMILES string of the molecule is CCN1/C(=C/C=C/c2ccc3cc(NC(=O)CCCCC(=O)OC)ccc3[n+]2CC)C=Cc2ccccc21. The first-order valence-corrected chi connectivity index (χ1v) is 13.3. The Morgan fingerprint density at radius 1 is 1.00 bits per heavy atom. The van der Waals surface area contributed by atoms with Crippen LogP contribution in [0.5, 0.6) is 0 Å². The first-order valence-electron chi connectivity index (χ1n) is 13.3. The van der Waals surface area contributed by atoms with Gasteiger partial charge in [0.1, 0.15) is 6.54 Å². The second-order valence-corrected chi connectivity index (χ2v) is 9.19. The Balaban J connectivity index is 1.46. The predicted octanol–water partition coefficient (Wildman–Crippen LogP) is 6.27. The highest BCUT2D eigenvalue weighted by atomic mass is 16.5. The highest BCUT2D eigenvalue weighted by molar-refractivity contribution is 5.93. The summed E-state index contributed by atoms with van der Waals surface area (Å²) in [6.07, 6.45) is 12.7. The minimum atomic E-state index is -0.241. The molecule has 196 valence electrons. The number of allylic oxidation sites excluding steroid dienone is 3. The van der Waals surface area contributed by atoms with Gasteiger partial charge in [0.25, 0.3) is 0 Å².